The van der Waals surface area contributed by atoms with Gasteiger partial charge < -0.3 is 0 Å². The van der Waals surface area contributed by atoms with E-state index in [9.17, 15) is 0 Å². The molecule has 0 heterocycles. The molecule has 0 bridgehead atoms. The monoisotopic (exact) mass is 149 g/mol. The summed E-state index contributed by atoms with van der Waals surface area (Å²) in [6.07, 6.45) is 5.25. The molecule has 2 atom stereocenters. The van der Waals surface area contributed by atoms with Gasteiger partial charge in [0.25, 0.3) is 0 Å². The van der Waals surface area contributed by atoms with E-state index in [-0.39, 0.29) is 0 Å². The number of nitrogens with zero attached hydrogens (tertiary/aromatic N) is 1. The molecular formula is C10H15N. The summed E-state index contributed by atoms with van der Waals surface area (Å²) in [5, 5.41) is 8.44. The van der Waals surface area contributed by atoms with E-state index >= 15 is 0 Å². The molecule has 0 N–H and O–H groups in total. The first-order valence-electron chi connectivity index (χ1n) is 4.31. The maximum Gasteiger partial charge on any atom is 0.0911 e. The Morgan fingerprint density at radius 1 is 1.45 bits per heavy atom. The highest BCUT2D eigenvalue weighted by Crippen LogP contribution is 2.32. The second-order valence-corrected chi connectivity index (χ2v) is 3.63. The lowest BCUT2D eigenvalue weighted by molar-refractivity contribution is 0.323. The van der Waals surface area contributed by atoms with E-state index in [1.54, 1.807) is 6.08 Å². The molecule has 0 aromatic heterocycles. The van der Waals surface area contributed by atoms with Gasteiger partial charge in [-0.05, 0) is 31.1 Å². The molecule has 1 aliphatic carbocycles. The molecule has 1 nitrogen and oxygen atoms in total. The molecule has 1 heteroatoms. The molecule has 1 rings (SSSR count). The van der Waals surface area contributed by atoms with Crippen LogP contribution >= 0.6 is 0 Å². The molecule has 0 amide bonds. The summed E-state index contributed by atoms with van der Waals surface area (Å²) in [7, 11) is 0. The van der Waals surface area contributed by atoms with Crippen molar-refractivity contribution in [1.29, 1.82) is 5.26 Å². The van der Waals surface area contributed by atoms with Crippen molar-refractivity contribution < 1.29 is 0 Å². The van der Waals surface area contributed by atoms with Crippen molar-refractivity contribution in [3.63, 3.8) is 0 Å². The Labute approximate surface area is 68.7 Å². The van der Waals surface area contributed by atoms with Crippen LogP contribution in [0.2, 0.25) is 0 Å². The van der Waals surface area contributed by atoms with Gasteiger partial charge in [0, 0.05) is 6.08 Å². The quantitative estimate of drug-likeness (QED) is 0.486. The normalized spacial score (nSPS) is 35.2. The van der Waals surface area contributed by atoms with Crippen LogP contribution < -0.4 is 0 Å². The van der Waals surface area contributed by atoms with Gasteiger partial charge in [-0.15, -0.1) is 0 Å². The molecule has 0 saturated heterocycles. The predicted molar refractivity (Wildman–Crippen MR) is 45.9 cm³/mol. The molecule has 0 spiro atoms. The third-order valence-corrected chi connectivity index (χ3v) is 2.75. The second-order valence-electron chi connectivity index (χ2n) is 3.63. The Hall–Kier alpha value is -0.770. The van der Waals surface area contributed by atoms with Crippen molar-refractivity contribution in [3.05, 3.63) is 11.6 Å². The molecule has 1 aliphatic rings. The van der Waals surface area contributed by atoms with Crippen LogP contribution in [0.1, 0.15) is 33.1 Å². The molecule has 11 heavy (non-hydrogen) atoms. The standard InChI is InChI=1S/C10H15N/c1-8-3-4-10(5-6-11)7-9(8)2/h5,8-9H,3-4,7H2,1-2H3. The van der Waals surface area contributed by atoms with Gasteiger partial charge in [-0.3, -0.25) is 0 Å². The Morgan fingerprint density at radius 2 is 2.18 bits per heavy atom. The van der Waals surface area contributed by atoms with Gasteiger partial charge in [0.2, 0.25) is 0 Å². The molecule has 60 valence electrons. The van der Waals surface area contributed by atoms with Crippen molar-refractivity contribution in [2.45, 2.75) is 33.1 Å². The molecule has 0 radical (unpaired) electrons. The highest BCUT2D eigenvalue weighted by atomic mass is 14.3. The van der Waals surface area contributed by atoms with Gasteiger partial charge in [0.15, 0.2) is 0 Å². The van der Waals surface area contributed by atoms with Crippen LogP contribution in [-0.4, -0.2) is 0 Å². The third kappa shape index (κ3) is 2.08. The minimum Gasteiger partial charge on any atom is -0.193 e. The van der Waals surface area contributed by atoms with Crippen LogP contribution in [0.15, 0.2) is 11.6 Å². The summed E-state index contributed by atoms with van der Waals surface area (Å²) in [4.78, 5) is 0. The summed E-state index contributed by atoms with van der Waals surface area (Å²) in [5.41, 5.74) is 1.35. The largest absolute Gasteiger partial charge is 0.193 e. The fourth-order valence-electron chi connectivity index (χ4n) is 1.64. The van der Waals surface area contributed by atoms with Gasteiger partial charge in [-0.2, -0.15) is 5.26 Å². The zero-order valence-electron chi connectivity index (χ0n) is 7.30. The van der Waals surface area contributed by atoms with E-state index in [0.29, 0.717) is 0 Å². The van der Waals surface area contributed by atoms with E-state index < -0.39 is 0 Å². The lowest BCUT2D eigenvalue weighted by Crippen LogP contribution is -2.14. The van der Waals surface area contributed by atoms with E-state index in [2.05, 4.69) is 19.9 Å². The van der Waals surface area contributed by atoms with Crippen LogP contribution in [-0.2, 0) is 0 Å². The van der Waals surface area contributed by atoms with E-state index in [1.165, 1.54) is 12.0 Å². The Kier molecular flexibility index (Phi) is 2.70. The van der Waals surface area contributed by atoms with Crippen molar-refractivity contribution in [1.82, 2.24) is 0 Å². The number of nitriles is 1. The number of hydrogen-bond acceptors (Lipinski definition) is 1. The van der Waals surface area contributed by atoms with Crippen LogP contribution in [0.3, 0.4) is 0 Å². The Bertz CT molecular complexity index is 197. The van der Waals surface area contributed by atoms with Crippen LogP contribution in [0, 0.1) is 23.2 Å². The average Bonchev–Trinajstić information content (AvgIpc) is 1.98. The molecule has 2 unspecified atom stereocenters. The minimum absolute atomic E-state index is 0.767. The third-order valence-electron chi connectivity index (χ3n) is 2.75. The van der Waals surface area contributed by atoms with Crippen molar-refractivity contribution >= 4 is 0 Å². The van der Waals surface area contributed by atoms with Crippen molar-refractivity contribution in [3.8, 4) is 6.07 Å². The van der Waals surface area contributed by atoms with Gasteiger partial charge in [-0.25, -0.2) is 0 Å². The number of allylic oxidation sites excluding steroid dienone is 2. The average molecular weight is 149 g/mol. The SMILES string of the molecule is CC1CCC(=CC#N)CC1C. The number of hydrogen-bond donors (Lipinski definition) is 0. The molecule has 1 saturated carbocycles. The highest BCUT2D eigenvalue weighted by molar-refractivity contribution is 5.15. The van der Waals surface area contributed by atoms with Crippen molar-refractivity contribution in [2.75, 3.05) is 0 Å². The van der Waals surface area contributed by atoms with E-state index in [0.717, 1.165) is 24.7 Å². The van der Waals surface area contributed by atoms with Gasteiger partial charge in [-0.1, -0.05) is 19.4 Å². The zero-order chi connectivity index (χ0) is 8.27. The topological polar surface area (TPSA) is 23.8 Å². The summed E-state index contributed by atoms with van der Waals surface area (Å²) in [5.74, 6) is 1.61. The van der Waals surface area contributed by atoms with Gasteiger partial charge in [0.05, 0.1) is 6.07 Å². The smallest absolute Gasteiger partial charge is 0.0911 e. The predicted octanol–water partition coefficient (Wildman–Crippen LogP) is 2.89. The van der Waals surface area contributed by atoms with Crippen LogP contribution in [0.25, 0.3) is 0 Å². The Balaban J connectivity index is 2.54. The molecular weight excluding hydrogens is 134 g/mol. The first-order valence-corrected chi connectivity index (χ1v) is 4.31. The fraction of sp³-hybridized carbons (Fsp3) is 0.700. The zero-order valence-corrected chi connectivity index (χ0v) is 7.30. The van der Waals surface area contributed by atoms with Gasteiger partial charge >= 0.3 is 0 Å². The van der Waals surface area contributed by atoms with Crippen LogP contribution in [0.5, 0.6) is 0 Å². The van der Waals surface area contributed by atoms with E-state index in [1.807, 2.05) is 0 Å². The van der Waals surface area contributed by atoms with Gasteiger partial charge in [0.1, 0.15) is 0 Å². The Morgan fingerprint density at radius 3 is 2.73 bits per heavy atom. The van der Waals surface area contributed by atoms with Crippen LogP contribution in [0.4, 0.5) is 0 Å². The summed E-state index contributed by atoms with van der Waals surface area (Å²) < 4.78 is 0. The molecule has 0 aromatic carbocycles. The second kappa shape index (κ2) is 3.57. The molecule has 0 aliphatic heterocycles. The molecule has 0 aromatic rings. The lowest BCUT2D eigenvalue weighted by atomic mass is 9.79. The number of rotatable bonds is 0. The maximum atomic E-state index is 8.44. The first kappa shape index (κ1) is 8.33. The van der Waals surface area contributed by atoms with E-state index in [4.69, 9.17) is 5.26 Å². The van der Waals surface area contributed by atoms with Crippen molar-refractivity contribution in [2.24, 2.45) is 11.8 Å². The molecule has 1 fully saturated rings. The highest BCUT2D eigenvalue weighted by Gasteiger charge is 2.19. The maximum absolute atomic E-state index is 8.44. The summed E-state index contributed by atoms with van der Waals surface area (Å²) in [6, 6.07) is 2.11. The summed E-state index contributed by atoms with van der Waals surface area (Å²) in [6.45, 7) is 4.57. The lowest BCUT2D eigenvalue weighted by Gasteiger charge is -2.26. The minimum atomic E-state index is 0.767. The fourth-order valence-corrected chi connectivity index (χ4v) is 1.64. The first-order chi connectivity index (χ1) is 5.24. The summed E-state index contributed by atoms with van der Waals surface area (Å²) >= 11 is 0.